The first-order valence-electron chi connectivity index (χ1n) is 9.41. The lowest BCUT2D eigenvalue weighted by Crippen LogP contribution is -2.44. The van der Waals surface area contributed by atoms with E-state index in [0.717, 1.165) is 16.7 Å². The summed E-state index contributed by atoms with van der Waals surface area (Å²) in [4.78, 5) is 0. The van der Waals surface area contributed by atoms with Crippen molar-refractivity contribution in [3.8, 4) is 0 Å². The van der Waals surface area contributed by atoms with Gasteiger partial charge >= 0.3 is 0 Å². The number of hydrogen-bond donors (Lipinski definition) is 3. The molecule has 2 heterocycles. The monoisotopic (exact) mass is 401 g/mol. The molecule has 4 rings (SSSR count). The molecule has 0 spiro atoms. The number of ether oxygens (including phenoxy) is 1. The van der Waals surface area contributed by atoms with E-state index in [-0.39, 0.29) is 13.0 Å². The van der Waals surface area contributed by atoms with Crippen LogP contribution in [-0.2, 0) is 18.2 Å². The molecule has 4 atom stereocenters. The van der Waals surface area contributed by atoms with E-state index in [1.54, 1.807) is 12.1 Å². The number of hydrogen-bond acceptors (Lipinski definition) is 4. The molecule has 1 aliphatic rings. The van der Waals surface area contributed by atoms with Crippen LogP contribution in [0.3, 0.4) is 0 Å². The largest absolute Gasteiger partial charge is 0.394 e. The zero-order valence-corrected chi connectivity index (χ0v) is 16.4. The standard InChI is InChI=1S/C22H24ClNO4/c1-24-7-6-14-8-13(2-5-19(14)24)9-16-10-15(3-4-18(16)23)22-21(27)20(26)11-17(12-25)28-22/h2-8,10,17,20-22,25-27H,9,11-12H2,1H3. The summed E-state index contributed by atoms with van der Waals surface area (Å²) in [7, 11) is 2.02. The van der Waals surface area contributed by atoms with E-state index in [1.807, 2.05) is 19.3 Å². The van der Waals surface area contributed by atoms with E-state index in [1.165, 1.54) is 10.9 Å². The van der Waals surface area contributed by atoms with Crippen LogP contribution in [0.2, 0.25) is 5.02 Å². The van der Waals surface area contributed by atoms with Gasteiger partial charge < -0.3 is 24.6 Å². The summed E-state index contributed by atoms with van der Waals surface area (Å²) in [5, 5.41) is 31.7. The highest BCUT2D eigenvalue weighted by molar-refractivity contribution is 6.31. The molecule has 3 N–H and O–H groups in total. The SMILES string of the molecule is Cn1ccc2cc(Cc3cc(C4OC(CO)CC(O)C4O)ccc3Cl)ccc21. The quantitative estimate of drug-likeness (QED) is 0.628. The summed E-state index contributed by atoms with van der Waals surface area (Å²) in [5.74, 6) is 0. The van der Waals surface area contributed by atoms with E-state index in [4.69, 9.17) is 16.3 Å². The van der Waals surface area contributed by atoms with Crippen LogP contribution in [0.4, 0.5) is 0 Å². The number of nitrogens with zero attached hydrogens (tertiary/aromatic N) is 1. The summed E-state index contributed by atoms with van der Waals surface area (Å²) in [6.45, 7) is -0.197. The van der Waals surface area contributed by atoms with Gasteiger partial charge in [0, 0.05) is 30.2 Å². The van der Waals surface area contributed by atoms with Gasteiger partial charge in [-0.1, -0.05) is 29.8 Å². The maximum absolute atomic E-state index is 10.4. The maximum Gasteiger partial charge on any atom is 0.111 e. The van der Waals surface area contributed by atoms with Crippen LogP contribution < -0.4 is 0 Å². The van der Waals surface area contributed by atoms with Crippen molar-refractivity contribution in [2.75, 3.05) is 6.61 Å². The molecule has 1 saturated heterocycles. The highest BCUT2D eigenvalue weighted by Gasteiger charge is 2.37. The number of aromatic nitrogens is 1. The van der Waals surface area contributed by atoms with Gasteiger partial charge in [-0.2, -0.15) is 0 Å². The average Bonchev–Trinajstić information content (AvgIpc) is 3.06. The molecule has 28 heavy (non-hydrogen) atoms. The van der Waals surface area contributed by atoms with E-state index in [2.05, 4.69) is 28.8 Å². The smallest absolute Gasteiger partial charge is 0.111 e. The van der Waals surface area contributed by atoms with E-state index in [0.29, 0.717) is 11.4 Å². The number of benzene rings is 2. The van der Waals surface area contributed by atoms with Gasteiger partial charge in [0.15, 0.2) is 0 Å². The molecule has 6 heteroatoms. The summed E-state index contributed by atoms with van der Waals surface area (Å²) < 4.78 is 7.88. The van der Waals surface area contributed by atoms with Crippen molar-refractivity contribution < 1.29 is 20.1 Å². The fourth-order valence-corrected chi connectivity index (χ4v) is 4.10. The summed E-state index contributed by atoms with van der Waals surface area (Å²) in [6.07, 6.45) is -0.283. The summed E-state index contributed by atoms with van der Waals surface area (Å²) >= 11 is 6.43. The van der Waals surface area contributed by atoms with Gasteiger partial charge in [0.05, 0.1) is 18.8 Å². The molecule has 0 saturated carbocycles. The average molecular weight is 402 g/mol. The third kappa shape index (κ3) is 3.69. The minimum absolute atomic E-state index is 0.197. The molecule has 0 amide bonds. The van der Waals surface area contributed by atoms with E-state index < -0.39 is 24.4 Å². The number of aliphatic hydroxyl groups is 3. The fraction of sp³-hybridized carbons (Fsp3) is 0.364. The van der Waals surface area contributed by atoms with Crippen molar-refractivity contribution in [3.05, 3.63) is 70.4 Å². The fourth-order valence-electron chi connectivity index (χ4n) is 3.92. The Hall–Kier alpha value is -1.89. The first-order chi connectivity index (χ1) is 13.5. The highest BCUT2D eigenvalue weighted by Crippen LogP contribution is 2.34. The molecule has 3 aromatic rings. The second-order valence-electron chi connectivity index (χ2n) is 7.50. The third-order valence-corrected chi connectivity index (χ3v) is 5.86. The number of rotatable bonds is 4. The normalized spacial score (nSPS) is 25.3. The molecular weight excluding hydrogens is 378 g/mol. The Kier molecular flexibility index (Phi) is 5.45. The maximum atomic E-state index is 10.4. The summed E-state index contributed by atoms with van der Waals surface area (Å²) in [6, 6.07) is 13.9. The molecule has 5 nitrogen and oxygen atoms in total. The van der Waals surface area contributed by atoms with Crippen molar-refractivity contribution in [1.82, 2.24) is 4.57 Å². The molecule has 0 aliphatic carbocycles. The Labute approximate surface area is 168 Å². The van der Waals surface area contributed by atoms with Crippen LogP contribution in [0.5, 0.6) is 0 Å². The molecule has 1 fully saturated rings. The third-order valence-electron chi connectivity index (χ3n) is 5.49. The Morgan fingerprint density at radius 1 is 1.14 bits per heavy atom. The molecule has 4 unspecified atom stereocenters. The Morgan fingerprint density at radius 2 is 1.96 bits per heavy atom. The van der Waals surface area contributed by atoms with Crippen molar-refractivity contribution in [2.24, 2.45) is 7.05 Å². The van der Waals surface area contributed by atoms with Crippen molar-refractivity contribution in [2.45, 2.75) is 37.3 Å². The van der Waals surface area contributed by atoms with Gasteiger partial charge in [0.1, 0.15) is 12.2 Å². The molecule has 0 radical (unpaired) electrons. The minimum atomic E-state index is -1.04. The zero-order chi connectivity index (χ0) is 19.8. The number of fused-ring (bicyclic) bond motifs is 1. The van der Waals surface area contributed by atoms with E-state index >= 15 is 0 Å². The van der Waals surface area contributed by atoms with Crippen molar-refractivity contribution in [1.29, 1.82) is 0 Å². The van der Waals surface area contributed by atoms with Crippen LogP contribution in [0.1, 0.15) is 29.2 Å². The van der Waals surface area contributed by atoms with Crippen LogP contribution >= 0.6 is 11.6 Å². The first-order valence-corrected chi connectivity index (χ1v) is 9.79. The van der Waals surface area contributed by atoms with Gasteiger partial charge in [-0.15, -0.1) is 0 Å². The van der Waals surface area contributed by atoms with Gasteiger partial charge in [0.25, 0.3) is 0 Å². The lowest BCUT2D eigenvalue weighted by Gasteiger charge is -2.37. The van der Waals surface area contributed by atoms with Crippen LogP contribution in [0.25, 0.3) is 10.9 Å². The van der Waals surface area contributed by atoms with Gasteiger partial charge in [-0.3, -0.25) is 0 Å². The zero-order valence-electron chi connectivity index (χ0n) is 15.6. The predicted octanol–water partition coefficient (Wildman–Crippen LogP) is 2.97. The van der Waals surface area contributed by atoms with Gasteiger partial charge in [0.2, 0.25) is 0 Å². The highest BCUT2D eigenvalue weighted by atomic mass is 35.5. The summed E-state index contributed by atoms with van der Waals surface area (Å²) in [5.41, 5.74) is 3.97. The van der Waals surface area contributed by atoms with Gasteiger partial charge in [-0.25, -0.2) is 0 Å². The van der Waals surface area contributed by atoms with Crippen molar-refractivity contribution in [3.63, 3.8) is 0 Å². The minimum Gasteiger partial charge on any atom is -0.394 e. The van der Waals surface area contributed by atoms with Crippen LogP contribution in [-0.4, -0.2) is 44.8 Å². The molecule has 1 aliphatic heterocycles. The lowest BCUT2D eigenvalue weighted by molar-refractivity contribution is -0.179. The molecule has 0 bridgehead atoms. The molecule has 148 valence electrons. The van der Waals surface area contributed by atoms with Crippen LogP contribution in [0, 0.1) is 0 Å². The Balaban J connectivity index is 1.62. The van der Waals surface area contributed by atoms with Crippen LogP contribution in [0.15, 0.2) is 48.7 Å². The number of aryl methyl sites for hydroxylation is 1. The molecular formula is C22H24ClNO4. The molecule has 1 aromatic heterocycles. The number of halogens is 1. The molecule has 2 aromatic carbocycles. The Morgan fingerprint density at radius 3 is 2.75 bits per heavy atom. The second-order valence-corrected chi connectivity index (χ2v) is 7.91. The predicted molar refractivity (Wildman–Crippen MR) is 109 cm³/mol. The first kappa shape index (κ1) is 19.4. The topological polar surface area (TPSA) is 74.9 Å². The van der Waals surface area contributed by atoms with Crippen molar-refractivity contribution >= 4 is 22.5 Å². The Bertz CT molecular complexity index is 986. The van der Waals surface area contributed by atoms with E-state index in [9.17, 15) is 15.3 Å². The lowest BCUT2D eigenvalue weighted by atomic mass is 9.91. The number of aliphatic hydroxyl groups excluding tert-OH is 3. The second kappa shape index (κ2) is 7.85. The van der Waals surface area contributed by atoms with Gasteiger partial charge in [-0.05, 0) is 52.8 Å².